The fraction of sp³-hybridized carbons (Fsp3) is 0.652. The summed E-state index contributed by atoms with van der Waals surface area (Å²) in [5.41, 5.74) is 8.04. The minimum atomic E-state index is -0.390. The standard InChI is InChI=1S/C23H35N5O/c1-2-11-27-14-7-8-18(17-27)23-25-21-19(22(24)29)9-6-10-20(21)28(23)16-15-26-12-4-3-5-13-26/h6,9-10,18H,2-5,7-8,11-17H2,1H3,(H2,24,29). The second-order valence-electron chi connectivity index (χ2n) is 8.70. The Morgan fingerprint density at radius 2 is 1.86 bits per heavy atom. The van der Waals surface area contributed by atoms with Crippen molar-refractivity contribution in [1.29, 1.82) is 0 Å². The van der Waals surface area contributed by atoms with Crippen molar-refractivity contribution in [2.45, 2.75) is 57.9 Å². The Morgan fingerprint density at radius 3 is 2.62 bits per heavy atom. The molecule has 2 fully saturated rings. The highest BCUT2D eigenvalue weighted by atomic mass is 16.1. The molecule has 0 saturated carbocycles. The summed E-state index contributed by atoms with van der Waals surface area (Å²) in [6, 6.07) is 5.84. The maximum atomic E-state index is 12.0. The molecule has 2 aromatic rings. The molecule has 6 heteroatoms. The molecule has 0 spiro atoms. The second-order valence-corrected chi connectivity index (χ2v) is 8.70. The van der Waals surface area contributed by atoms with E-state index in [-0.39, 0.29) is 5.91 Å². The summed E-state index contributed by atoms with van der Waals surface area (Å²) in [6.07, 6.45) is 7.52. The number of fused-ring (bicyclic) bond motifs is 1. The van der Waals surface area contributed by atoms with Gasteiger partial charge < -0.3 is 20.1 Å². The third-order valence-electron chi connectivity index (χ3n) is 6.57. The van der Waals surface area contributed by atoms with E-state index in [4.69, 9.17) is 10.7 Å². The van der Waals surface area contributed by atoms with Gasteiger partial charge in [0, 0.05) is 25.6 Å². The highest BCUT2D eigenvalue weighted by molar-refractivity contribution is 6.04. The van der Waals surface area contributed by atoms with Crippen LogP contribution in [0.2, 0.25) is 0 Å². The van der Waals surface area contributed by atoms with Crippen LogP contribution < -0.4 is 5.73 Å². The van der Waals surface area contributed by atoms with Crippen LogP contribution in [-0.2, 0) is 6.54 Å². The van der Waals surface area contributed by atoms with Gasteiger partial charge in [0.05, 0.1) is 11.1 Å². The third-order valence-corrected chi connectivity index (χ3v) is 6.57. The van der Waals surface area contributed by atoms with Crippen LogP contribution in [0.4, 0.5) is 0 Å². The van der Waals surface area contributed by atoms with Crippen molar-refractivity contribution in [1.82, 2.24) is 19.4 Å². The van der Waals surface area contributed by atoms with Crippen molar-refractivity contribution in [3.05, 3.63) is 29.6 Å². The van der Waals surface area contributed by atoms with Crippen molar-refractivity contribution < 1.29 is 4.79 Å². The first-order valence-electron chi connectivity index (χ1n) is 11.4. The molecule has 1 atom stereocenters. The highest BCUT2D eigenvalue weighted by Crippen LogP contribution is 2.30. The molecule has 0 bridgehead atoms. The number of primary amides is 1. The molecular weight excluding hydrogens is 362 g/mol. The number of amides is 1. The number of carbonyl (C=O) groups is 1. The van der Waals surface area contributed by atoms with E-state index in [2.05, 4.69) is 27.4 Å². The number of piperidine rings is 2. The van der Waals surface area contributed by atoms with E-state index in [1.54, 1.807) is 6.07 Å². The van der Waals surface area contributed by atoms with Crippen molar-refractivity contribution in [3.63, 3.8) is 0 Å². The lowest BCUT2D eigenvalue weighted by Crippen LogP contribution is -2.36. The van der Waals surface area contributed by atoms with Gasteiger partial charge in [0.1, 0.15) is 11.3 Å². The van der Waals surface area contributed by atoms with Gasteiger partial charge in [-0.25, -0.2) is 4.98 Å². The Hall–Kier alpha value is -1.92. The first kappa shape index (κ1) is 20.4. The zero-order chi connectivity index (χ0) is 20.2. The number of carbonyl (C=O) groups excluding carboxylic acids is 1. The Morgan fingerprint density at radius 1 is 1.07 bits per heavy atom. The molecule has 0 aliphatic carbocycles. The van der Waals surface area contributed by atoms with E-state index >= 15 is 0 Å². The number of likely N-dealkylation sites (tertiary alicyclic amines) is 2. The molecule has 6 nitrogen and oxygen atoms in total. The van der Waals surface area contributed by atoms with Crippen LogP contribution in [0.5, 0.6) is 0 Å². The summed E-state index contributed by atoms with van der Waals surface area (Å²) < 4.78 is 2.39. The number of hydrogen-bond acceptors (Lipinski definition) is 4. The zero-order valence-electron chi connectivity index (χ0n) is 17.8. The molecule has 4 rings (SSSR count). The molecule has 158 valence electrons. The van der Waals surface area contributed by atoms with Gasteiger partial charge in [0.15, 0.2) is 0 Å². The van der Waals surface area contributed by atoms with Gasteiger partial charge in [-0.05, 0) is 70.4 Å². The van der Waals surface area contributed by atoms with Crippen LogP contribution >= 0.6 is 0 Å². The van der Waals surface area contributed by atoms with Gasteiger partial charge in [-0.3, -0.25) is 4.79 Å². The molecule has 3 heterocycles. The predicted octanol–water partition coefficient (Wildman–Crippen LogP) is 3.21. The monoisotopic (exact) mass is 397 g/mol. The van der Waals surface area contributed by atoms with Crippen molar-refractivity contribution >= 4 is 16.9 Å². The normalized spacial score (nSPS) is 21.6. The van der Waals surface area contributed by atoms with Crippen LogP contribution in [0.25, 0.3) is 11.0 Å². The summed E-state index contributed by atoms with van der Waals surface area (Å²) in [4.78, 5) is 22.2. The third kappa shape index (κ3) is 4.48. The largest absolute Gasteiger partial charge is 0.366 e. The van der Waals surface area contributed by atoms with Crippen LogP contribution in [0.15, 0.2) is 18.2 Å². The number of hydrogen-bond donors (Lipinski definition) is 1. The molecule has 1 amide bonds. The SMILES string of the molecule is CCCN1CCCC(c2nc3c(C(N)=O)cccc3n2CCN2CCCCC2)C1. The van der Waals surface area contributed by atoms with E-state index in [9.17, 15) is 4.79 Å². The Labute approximate surface area is 174 Å². The maximum Gasteiger partial charge on any atom is 0.250 e. The molecule has 1 aromatic heterocycles. The van der Waals surface area contributed by atoms with E-state index in [1.165, 1.54) is 58.2 Å². The Balaban J connectivity index is 1.67. The van der Waals surface area contributed by atoms with Gasteiger partial charge in [-0.15, -0.1) is 0 Å². The van der Waals surface area contributed by atoms with Gasteiger partial charge >= 0.3 is 0 Å². The Bertz CT molecular complexity index is 837. The summed E-state index contributed by atoms with van der Waals surface area (Å²) >= 11 is 0. The van der Waals surface area contributed by atoms with Crippen LogP contribution in [-0.4, -0.2) is 64.5 Å². The van der Waals surface area contributed by atoms with Crippen molar-refractivity contribution in [2.75, 3.05) is 39.3 Å². The maximum absolute atomic E-state index is 12.0. The van der Waals surface area contributed by atoms with Crippen molar-refractivity contribution in [3.8, 4) is 0 Å². The Kier molecular flexibility index (Phi) is 6.50. The number of rotatable bonds is 7. The minimum absolute atomic E-state index is 0.390. The van der Waals surface area contributed by atoms with Crippen LogP contribution in [0.3, 0.4) is 0 Å². The molecule has 29 heavy (non-hydrogen) atoms. The number of aromatic nitrogens is 2. The summed E-state index contributed by atoms with van der Waals surface area (Å²) in [7, 11) is 0. The summed E-state index contributed by atoms with van der Waals surface area (Å²) in [6.45, 7) is 10.0. The molecule has 2 aliphatic heterocycles. The lowest BCUT2D eigenvalue weighted by Gasteiger charge is -2.33. The lowest BCUT2D eigenvalue weighted by molar-refractivity contribution is 0.100. The molecule has 2 aliphatic rings. The summed E-state index contributed by atoms with van der Waals surface area (Å²) in [5.74, 6) is 1.18. The van der Waals surface area contributed by atoms with E-state index in [0.29, 0.717) is 11.5 Å². The number of benzene rings is 1. The smallest absolute Gasteiger partial charge is 0.250 e. The minimum Gasteiger partial charge on any atom is -0.366 e. The van der Waals surface area contributed by atoms with E-state index < -0.39 is 0 Å². The first-order chi connectivity index (χ1) is 14.2. The molecule has 1 unspecified atom stereocenters. The van der Waals surface area contributed by atoms with Gasteiger partial charge in [0.25, 0.3) is 5.91 Å². The average Bonchev–Trinajstić information content (AvgIpc) is 3.12. The summed E-state index contributed by atoms with van der Waals surface area (Å²) in [5, 5.41) is 0. The lowest BCUT2D eigenvalue weighted by atomic mass is 9.97. The van der Waals surface area contributed by atoms with Gasteiger partial charge in [-0.2, -0.15) is 0 Å². The molecule has 0 radical (unpaired) electrons. The fourth-order valence-electron chi connectivity index (χ4n) is 5.12. The predicted molar refractivity (Wildman–Crippen MR) is 117 cm³/mol. The molecular formula is C23H35N5O. The van der Waals surface area contributed by atoms with Crippen molar-refractivity contribution in [2.24, 2.45) is 5.73 Å². The van der Waals surface area contributed by atoms with Gasteiger partial charge in [-0.1, -0.05) is 19.4 Å². The number of nitrogens with zero attached hydrogens (tertiary/aromatic N) is 4. The fourth-order valence-corrected chi connectivity index (χ4v) is 5.12. The molecule has 2 N–H and O–H groups in total. The van der Waals surface area contributed by atoms with Crippen LogP contribution in [0.1, 0.15) is 67.5 Å². The number of nitrogens with two attached hydrogens (primary N) is 1. The first-order valence-corrected chi connectivity index (χ1v) is 11.4. The average molecular weight is 398 g/mol. The van der Waals surface area contributed by atoms with E-state index in [1.807, 2.05) is 6.07 Å². The van der Waals surface area contributed by atoms with E-state index in [0.717, 1.165) is 43.0 Å². The second kappa shape index (κ2) is 9.26. The zero-order valence-corrected chi connectivity index (χ0v) is 17.8. The molecule has 2 saturated heterocycles. The number of imidazole rings is 1. The number of para-hydroxylation sites is 1. The topological polar surface area (TPSA) is 67.4 Å². The molecule has 1 aromatic carbocycles. The highest BCUT2D eigenvalue weighted by Gasteiger charge is 2.27. The van der Waals surface area contributed by atoms with Gasteiger partial charge in [0.2, 0.25) is 0 Å². The quantitative estimate of drug-likeness (QED) is 0.779. The van der Waals surface area contributed by atoms with Crippen LogP contribution in [0, 0.1) is 0 Å².